The summed E-state index contributed by atoms with van der Waals surface area (Å²) in [6, 6.07) is 30.6. The van der Waals surface area contributed by atoms with Gasteiger partial charge in [0, 0.05) is 12.2 Å². The van der Waals surface area contributed by atoms with Crippen LogP contribution in [0.2, 0.25) is 0 Å². The summed E-state index contributed by atoms with van der Waals surface area (Å²) in [7, 11) is 0. The fourth-order valence-electron chi connectivity index (χ4n) is 2.93. The molecule has 28 heavy (non-hydrogen) atoms. The Hall–Kier alpha value is -3.73. The van der Waals surface area contributed by atoms with Crippen molar-refractivity contribution in [1.82, 2.24) is 15.2 Å². The first kappa shape index (κ1) is 17.7. The zero-order valence-electron chi connectivity index (χ0n) is 15.4. The predicted molar refractivity (Wildman–Crippen MR) is 112 cm³/mol. The number of aromatic nitrogens is 3. The molecule has 0 saturated carbocycles. The molecule has 0 aliphatic carbocycles. The molecular weight excluding hydrogens is 346 g/mol. The third kappa shape index (κ3) is 4.51. The lowest BCUT2D eigenvalue weighted by Gasteiger charge is -2.22. The van der Waals surface area contributed by atoms with Gasteiger partial charge in [-0.05, 0) is 23.3 Å². The molecule has 4 aromatic rings. The minimum absolute atomic E-state index is 0.563. The number of nitrogens with one attached hydrogen (secondary N) is 1. The smallest absolute Gasteiger partial charge is 0.252 e. The maximum absolute atomic E-state index is 4.70. The summed E-state index contributed by atoms with van der Waals surface area (Å²) in [5.41, 5.74) is 3.39. The predicted octanol–water partition coefficient (Wildman–Crippen LogP) is 4.82. The van der Waals surface area contributed by atoms with E-state index in [0.29, 0.717) is 24.9 Å². The van der Waals surface area contributed by atoms with Crippen LogP contribution in [0.25, 0.3) is 0 Å². The van der Waals surface area contributed by atoms with Crippen LogP contribution in [0.3, 0.4) is 0 Å². The number of rotatable bonds is 7. The molecule has 0 radical (unpaired) electrons. The van der Waals surface area contributed by atoms with Gasteiger partial charge in [-0.3, -0.25) is 0 Å². The van der Waals surface area contributed by atoms with Gasteiger partial charge < -0.3 is 10.2 Å². The topological polar surface area (TPSA) is 53.9 Å². The largest absolute Gasteiger partial charge is 0.365 e. The van der Waals surface area contributed by atoms with Crippen LogP contribution >= 0.6 is 0 Å². The standard InChI is InChI=1S/C23H21N5/c1-4-10-19(11-5-1)16-24-22-17-25-27-23(26-22)28(21-14-8-3-9-15-21)18-20-12-6-2-7-13-20/h1-15,17H,16,18H2,(H,24,26,27). The summed E-state index contributed by atoms with van der Waals surface area (Å²) >= 11 is 0. The monoisotopic (exact) mass is 367 g/mol. The van der Waals surface area contributed by atoms with Gasteiger partial charge in [-0.2, -0.15) is 10.1 Å². The first-order valence-electron chi connectivity index (χ1n) is 9.22. The quantitative estimate of drug-likeness (QED) is 0.507. The summed E-state index contributed by atoms with van der Waals surface area (Å²) in [5.74, 6) is 1.26. The molecule has 4 rings (SSSR count). The van der Waals surface area contributed by atoms with Crippen molar-refractivity contribution < 1.29 is 0 Å². The molecular formula is C23H21N5. The Morgan fingerprint density at radius 3 is 2.00 bits per heavy atom. The van der Waals surface area contributed by atoms with Crippen LogP contribution in [0, 0.1) is 0 Å². The van der Waals surface area contributed by atoms with Gasteiger partial charge in [0.15, 0.2) is 5.82 Å². The normalized spacial score (nSPS) is 10.4. The van der Waals surface area contributed by atoms with E-state index in [9.17, 15) is 0 Å². The minimum atomic E-state index is 0.563. The van der Waals surface area contributed by atoms with Crippen molar-refractivity contribution in [2.75, 3.05) is 10.2 Å². The summed E-state index contributed by atoms with van der Waals surface area (Å²) in [6.45, 7) is 1.34. The summed E-state index contributed by atoms with van der Waals surface area (Å²) < 4.78 is 0. The Morgan fingerprint density at radius 1 is 0.714 bits per heavy atom. The van der Waals surface area contributed by atoms with E-state index >= 15 is 0 Å². The third-order valence-electron chi connectivity index (χ3n) is 4.36. The van der Waals surface area contributed by atoms with Crippen molar-refractivity contribution in [3.8, 4) is 0 Å². The lowest BCUT2D eigenvalue weighted by Crippen LogP contribution is -2.20. The van der Waals surface area contributed by atoms with E-state index in [1.165, 1.54) is 11.1 Å². The van der Waals surface area contributed by atoms with Crippen molar-refractivity contribution in [3.63, 3.8) is 0 Å². The second-order valence-corrected chi connectivity index (χ2v) is 6.39. The molecule has 1 heterocycles. The molecule has 5 heteroatoms. The first-order valence-corrected chi connectivity index (χ1v) is 9.22. The molecule has 138 valence electrons. The number of benzene rings is 3. The van der Waals surface area contributed by atoms with Gasteiger partial charge >= 0.3 is 0 Å². The van der Waals surface area contributed by atoms with E-state index < -0.39 is 0 Å². The first-order chi connectivity index (χ1) is 13.9. The third-order valence-corrected chi connectivity index (χ3v) is 4.36. The van der Waals surface area contributed by atoms with E-state index in [1.807, 2.05) is 54.6 Å². The maximum atomic E-state index is 4.70. The summed E-state index contributed by atoms with van der Waals surface area (Å²) in [6.07, 6.45) is 1.65. The van der Waals surface area contributed by atoms with Crippen molar-refractivity contribution in [3.05, 3.63) is 108 Å². The average molecular weight is 367 g/mol. The van der Waals surface area contributed by atoms with E-state index in [2.05, 4.69) is 56.8 Å². The van der Waals surface area contributed by atoms with Gasteiger partial charge in [0.25, 0.3) is 5.95 Å². The molecule has 0 bridgehead atoms. The van der Waals surface area contributed by atoms with Gasteiger partial charge in [-0.25, -0.2) is 0 Å². The SMILES string of the molecule is c1ccc(CNc2cnnc(N(Cc3ccccc3)c3ccccc3)n2)cc1. The number of para-hydroxylation sites is 1. The van der Waals surface area contributed by atoms with E-state index in [1.54, 1.807) is 6.20 Å². The fraction of sp³-hybridized carbons (Fsp3) is 0.0870. The Labute approximate surface area is 164 Å². The Balaban J connectivity index is 1.59. The van der Waals surface area contributed by atoms with Gasteiger partial charge in [0.05, 0.1) is 12.7 Å². The zero-order valence-corrected chi connectivity index (χ0v) is 15.4. The summed E-state index contributed by atoms with van der Waals surface area (Å²) in [5, 5.41) is 11.8. The highest BCUT2D eigenvalue weighted by molar-refractivity contribution is 5.58. The van der Waals surface area contributed by atoms with Crippen LogP contribution in [0.4, 0.5) is 17.5 Å². The molecule has 0 aliphatic rings. The van der Waals surface area contributed by atoms with Crippen LogP contribution in [-0.4, -0.2) is 15.2 Å². The highest BCUT2D eigenvalue weighted by Gasteiger charge is 2.14. The van der Waals surface area contributed by atoms with Gasteiger partial charge in [-0.1, -0.05) is 78.9 Å². The zero-order chi connectivity index (χ0) is 19.0. The second-order valence-electron chi connectivity index (χ2n) is 6.39. The number of hydrogen-bond donors (Lipinski definition) is 1. The van der Waals surface area contributed by atoms with E-state index in [4.69, 9.17) is 4.98 Å². The van der Waals surface area contributed by atoms with Crippen molar-refractivity contribution in [2.24, 2.45) is 0 Å². The molecule has 5 nitrogen and oxygen atoms in total. The molecule has 0 atom stereocenters. The van der Waals surface area contributed by atoms with Crippen molar-refractivity contribution in [1.29, 1.82) is 0 Å². The Bertz CT molecular complexity index is 991. The number of hydrogen-bond acceptors (Lipinski definition) is 5. The van der Waals surface area contributed by atoms with Gasteiger partial charge in [0.2, 0.25) is 0 Å². The minimum Gasteiger partial charge on any atom is -0.365 e. The van der Waals surface area contributed by atoms with Crippen LogP contribution in [0.5, 0.6) is 0 Å². The summed E-state index contributed by atoms with van der Waals surface area (Å²) in [4.78, 5) is 6.77. The number of anilines is 3. The average Bonchev–Trinajstić information content (AvgIpc) is 2.78. The molecule has 0 amide bonds. The molecule has 0 spiro atoms. The van der Waals surface area contributed by atoms with Crippen LogP contribution in [0.15, 0.2) is 97.2 Å². The van der Waals surface area contributed by atoms with Gasteiger partial charge in [-0.15, -0.1) is 5.10 Å². The highest BCUT2D eigenvalue weighted by atomic mass is 15.3. The van der Waals surface area contributed by atoms with Crippen molar-refractivity contribution in [2.45, 2.75) is 13.1 Å². The van der Waals surface area contributed by atoms with E-state index in [-0.39, 0.29) is 0 Å². The second kappa shape index (κ2) is 8.77. The van der Waals surface area contributed by atoms with Crippen LogP contribution in [-0.2, 0) is 13.1 Å². The number of nitrogens with zero attached hydrogens (tertiary/aromatic N) is 4. The Kier molecular flexibility index (Phi) is 5.54. The molecule has 0 saturated heterocycles. The van der Waals surface area contributed by atoms with Crippen molar-refractivity contribution >= 4 is 17.5 Å². The maximum Gasteiger partial charge on any atom is 0.252 e. The van der Waals surface area contributed by atoms with Gasteiger partial charge in [0.1, 0.15) is 0 Å². The molecule has 1 N–H and O–H groups in total. The fourth-order valence-corrected chi connectivity index (χ4v) is 2.93. The molecule has 0 unspecified atom stereocenters. The van der Waals surface area contributed by atoms with Crippen LogP contribution < -0.4 is 10.2 Å². The lowest BCUT2D eigenvalue weighted by molar-refractivity contribution is 0.860. The van der Waals surface area contributed by atoms with E-state index in [0.717, 1.165) is 5.69 Å². The Morgan fingerprint density at radius 2 is 1.32 bits per heavy atom. The van der Waals surface area contributed by atoms with Crippen LogP contribution in [0.1, 0.15) is 11.1 Å². The highest BCUT2D eigenvalue weighted by Crippen LogP contribution is 2.24. The molecule has 0 aliphatic heterocycles. The molecule has 0 fully saturated rings. The lowest BCUT2D eigenvalue weighted by atomic mass is 10.2. The molecule has 1 aromatic heterocycles. The molecule has 3 aromatic carbocycles.